The molecule has 1 aromatic heterocycles. The highest BCUT2D eigenvalue weighted by molar-refractivity contribution is 7.16. The Bertz CT molecular complexity index is 482. The van der Waals surface area contributed by atoms with E-state index in [0.717, 1.165) is 5.92 Å². The third-order valence-electron chi connectivity index (χ3n) is 3.96. The lowest BCUT2D eigenvalue weighted by Crippen LogP contribution is -2.07. The molecule has 1 aliphatic rings. The van der Waals surface area contributed by atoms with Crippen LogP contribution in [-0.2, 0) is 6.42 Å². The smallest absolute Gasteiger partial charge is 0.0814 e. The molecule has 0 N–H and O–H groups in total. The minimum Gasteiger partial charge on any atom is -0.245 e. The SMILES string of the molecule is c1nc2cc(CCC3CCCCC3)ccc2s1. The zero-order valence-corrected chi connectivity index (χ0v) is 11.0. The van der Waals surface area contributed by atoms with Crippen LogP contribution in [0, 0.1) is 5.92 Å². The summed E-state index contributed by atoms with van der Waals surface area (Å²) in [6, 6.07) is 6.78. The van der Waals surface area contributed by atoms with Gasteiger partial charge in [0.2, 0.25) is 0 Å². The van der Waals surface area contributed by atoms with Crippen molar-refractivity contribution >= 4 is 21.6 Å². The van der Waals surface area contributed by atoms with Gasteiger partial charge in [-0.2, -0.15) is 0 Å². The van der Waals surface area contributed by atoms with Gasteiger partial charge < -0.3 is 0 Å². The fraction of sp³-hybridized carbons (Fsp3) is 0.533. The Morgan fingerprint density at radius 2 is 2.06 bits per heavy atom. The van der Waals surface area contributed by atoms with E-state index in [1.807, 2.05) is 5.51 Å². The van der Waals surface area contributed by atoms with Gasteiger partial charge >= 0.3 is 0 Å². The quantitative estimate of drug-likeness (QED) is 0.756. The van der Waals surface area contributed by atoms with Crippen molar-refractivity contribution in [3.8, 4) is 0 Å². The van der Waals surface area contributed by atoms with Gasteiger partial charge in [-0.1, -0.05) is 38.2 Å². The summed E-state index contributed by atoms with van der Waals surface area (Å²) in [5, 5.41) is 0. The first-order valence-electron chi connectivity index (χ1n) is 6.74. The number of rotatable bonds is 3. The topological polar surface area (TPSA) is 12.9 Å². The summed E-state index contributed by atoms with van der Waals surface area (Å²) in [4.78, 5) is 4.39. The molecule has 0 spiro atoms. The fourth-order valence-corrected chi connectivity index (χ4v) is 3.56. The van der Waals surface area contributed by atoms with Crippen LogP contribution in [0.3, 0.4) is 0 Å². The second kappa shape index (κ2) is 5.18. The van der Waals surface area contributed by atoms with Crippen LogP contribution in [0.1, 0.15) is 44.1 Å². The normalized spacial score (nSPS) is 17.6. The van der Waals surface area contributed by atoms with Gasteiger partial charge in [-0.05, 0) is 36.5 Å². The standard InChI is InChI=1S/C15H19NS/c1-2-4-12(5-3-1)6-7-13-8-9-15-14(10-13)16-11-17-15/h8-12H,1-7H2. The molecular formula is C15H19NS. The predicted molar refractivity (Wildman–Crippen MR) is 74.5 cm³/mol. The first-order chi connectivity index (χ1) is 8.42. The van der Waals surface area contributed by atoms with Crippen LogP contribution in [0.2, 0.25) is 0 Å². The molecular weight excluding hydrogens is 226 g/mol. The lowest BCUT2D eigenvalue weighted by atomic mass is 9.85. The van der Waals surface area contributed by atoms with E-state index >= 15 is 0 Å². The van der Waals surface area contributed by atoms with Gasteiger partial charge in [-0.25, -0.2) is 4.98 Å². The third kappa shape index (κ3) is 2.68. The highest BCUT2D eigenvalue weighted by Crippen LogP contribution is 2.28. The van der Waals surface area contributed by atoms with Crippen LogP contribution < -0.4 is 0 Å². The molecule has 0 radical (unpaired) electrons. The summed E-state index contributed by atoms with van der Waals surface area (Å²) in [6.45, 7) is 0. The van der Waals surface area contributed by atoms with E-state index in [-0.39, 0.29) is 0 Å². The molecule has 2 aromatic rings. The van der Waals surface area contributed by atoms with Crippen LogP contribution in [0.4, 0.5) is 0 Å². The van der Waals surface area contributed by atoms with Crippen molar-refractivity contribution in [2.24, 2.45) is 5.92 Å². The van der Waals surface area contributed by atoms with Crippen molar-refractivity contribution in [2.75, 3.05) is 0 Å². The van der Waals surface area contributed by atoms with Gasteiger partial charge in [0.25, 0.3) is 0 Å². The van der Waals surface area contributed by atoms with E-state index < -0.39 is 0 Å². The summed E-state index contributed by atoms with van der Waals surface area (Å²) in [5.74, 6) is 0.981. The zero-order chi connectivity index (χ0) is 11.5. The predicted octanol–water partition coefficient (Wildman–Crippen LogP) is 4.81. The lowest BCUT2D eigenvalue weighted by Gasteiger charge is -2.21. The summed E-state index contributed by atoms with van der Waals surface area (Å²) >= 11 is 1.73. The molecule has 1 heterocycles. The monoisotopic (exact) mass is 245 g/mol. The van der Waals surface area contributed by atoms with E-state index in [4.69, 9.17) is 0 Å². The van der Waals surface area contributed by atoms with Crippen molar-refractivity contribution in [2.45, 2.75) is 44.9 Å². The van der Waals surface area contributed by atoms with E-state index in [0.29, 0.717) is 0 Å². The molecule has 1 aromatic carbocycles. The number of hydrogen-bond acceptors (Lipinski definition) is 2. The molecule has 2 heteroatoms. The molecule has 0 atom stereocenters. The first kappa shape index (κ1) is 11.2. The van der Waals surface area contributed by atoms with E-state index in [1.165, 1.54) is 60.7 Å². The van der Waals surface area contributed by atoms with Gasteiger partial charge in [0.05, 0.1) is 15.7 Å². The van der Waals surface area contributed by atoms with E-state index in [2.05, 4.69) is 23.2 Å². The Hall–Kier alpha value is -0.890. The van der Waals surface area contributed by atoms with Crippen LogP contribution in [0.25, 0.3) is 10.2 Å². The number of nitrogens with zero attached hydrogens (tertiary/aromatic N) is 1. The summed E-state index contributed by atoms with van der Waals surface area (Å²) < 4.78 is 1.31. The average molecular weight is 245 g/mol. The molecule has 1 nitrogen and oxygen atoms in total. The number of aryl methyl sites for hydroxylation is 1. The number of hydrogen-bond donors (Lipinski definition) is 0. The molecule has 1 saturated carbocycles. The molecule has 3 rings (SSSR count). The van der Waals surface area contributed by atoms with Gasteiger partial charge in [-0.3, -0.25) is 0 Å². The molecule has 0 unspecified atom stereocenters. The zero-order valence-electron chi connectivity index (χ0n) is 10.2. The maximum Gasteiger partial charge on any atom is 0.0814 e. The minimum absolute atomic E-state index is 0.981. The highest BCUT2D eigenvalue weighted by atomic mass is 32.1. The lowest BCUT2D eigenvalue weighted by molar-refractivity contribution is 0.339. The number of fused-ring (bicyclic) bond motifs is 1. The van der Waals surface area contributed by atoms with Gasteiger partial charge in [0.15, 0.2) is 0 Å². The van der Waals surface area contributed by atoms with Crippen molar-refractivity contribution in [1.29, 1.82) is 0 Å². The Kier molecular flexibility index (Phi) is 3.41. The highest BCUT2D eigenvalue weighted by Gasteiger charge is 2.13. The van der Waals surface area contributed by atoms with Gasteiger partial charge in [0.1, 0.15) is 0 Å². The second-order valence-electron chi connectivity index (χ2n) is 5.20. The Morgan fingerprint density at radius 1 is 1.18 bits per heavy atom. The van der Waals surface area contributed by atoms with Crippen molar-refractivity contribution < 1.29 is 0 Å². The van der Waals surface area contributed by atoms with Crippen LogP contribution in [0.5, 0.6) is 0 Å². The first-order valence-corrected chi connectivity index (χ1v) is 7.62. The average Bonchev–Trinajstić information content (AvgIpc) is 2.85. The molecule has 0 bridgehead atoms. The molecule has 0 amide bonds. The summed E-state index contributed by atoms with van der Waals surface area (Å²) in [6.07, 6.45) is 9.89. The summed E-state index contributed by atoms with van der Waals surface area (Å²) in [7, 11) is 0. The Balaban J connectivity index is 1.63. The molecule has 0 saturated heterocycles. The third-order valence-corrected chi connectivity index (χ3v) is 4.77. The van der Waals surface area contributed by atoms with E-state index in [1.54, 1.807) is 11.3 Å². The Morgan fingerprint density at radius 3 is 2.94 bits per heavy atom. The number of benzene rings is 1. The van der Waals surface area contributed by atoms with Gasteiger partial charge in [-0.15, -0.1) is 11.3 Å². The minimum atomic E-state index is 0.981. The number of thiazole rings is 1. The number of aromatic nitrogens is 1. The molecule has 0 aliphatic heterocycles. The van der Waals surface area contributed by atoms with Crippen LogP contribution >= 0.6 is 11.3 Å². The van der Waals surface area contributed by atoms with E-state index in [9.17, 15) is 0 Å². The van der Waals surface area contributed by atoms with Gasteiger partial charge in [0, 0.05) is 0 Å². The van der Waals surface area contributed by atoms with Crippen molar-refractivity contribution in [3.63, 3.8) is 0 Å². The molecule has 1 fully saturated rings. The maximum atomic E-state index is 4.39. The maximum absolute atomic E-state index is 4.39. The van der Waals surface area contributed by atoms with Crippen molar-refractivity contribution in [1.82, 2.24) is 4.98 Å². The van der Waals surface area contributed by atoms with Crippen LogP contribution in [-0.4, -0.2) is 4.98 Å². The van der Waals surface area contributed by atoms with Crippen molar-refractivity contribution in [3.05, 3.63) is 29.3 Å². The fourth-order valence-electron chi connectivity index (χ4n) is 2.91. The molecule has 17 heavy (non-hydrogen) atoms. The van der Waals surface area contributed by atoms with Crippen LogP contribution in [0.15, 0.2) is 23.7 Å². The second-order valence-corrected chi connectivity index (χ2v) is 6.08. The molecule has 90 valence electrons. The Labute approximate surface area is 107 Å². The largest absolute Gasteiger partial charge is 0.245 e. The summed E-state index contributed by atoms with van der Waals surface area (Å²) in [5.41, 5.74) is 4.58. The molecule has 1 aliphatic carbocycles.